The van der Waals surface area contributed by atoms with Crippen LogP contribution in [0.1, 0.15) is 48.4 Å². The summed E-state index contributed by atoms with van der Waals surface area (Å²) in [7, 11) is 0. The Kier molecular flexibility index (Phi) is 7.70. The van der Waals surface area contributed by atoms with Gasteiger partial charge in [0.2, 0.25) is 0 Å². The van der Waals surface area contributed by atoms with E-state index >= 15 is 0 Å². The molecule has 0 N–H and O–H groups in total. The molecule has 4 aliphatic heterocycles. The highest BCUT2D eigenvalue weighted by Gasteiger charge is 2.52. The molecule has 212 valence electrons. The molecule has 2 aromatic rings. The van der Waals surface area contributed by atoms with Gasteiger partial charge in [0, 0.05) is 11.6 Å². The molecular weight excluding hydrogens is 511 g/mol. The van der Waals surface area contributed by atoms with Crippen molar-refractivity contribution in [3.8, 4) is 5.75 Å². The Balaban J connectivity index is 1.000. The Morgan fingerprint density at radius 3 is 2.79 bits per heavy atom. The largest absolute Gasteiger partial charge is 0.490 e. The summed E-state index contributed by atoms with van der Waals surface area (Å²) in [6.07, 6.45) is 2.68. The number of carbonyl (C=O) groups is 1. The number of hydrogen-bond acceptors (Lipinski definition) is 11. The minimum absolute atomic E-state index is 0.102. The van der Waals surface area contributed by atoms with Crippen molar-refractivity contribution in [1.29, 1.82) is 0 Å². The number of nitrogens with zero attached hydrogens (tertiary/aromatic N) is 4. The molecule has 0 saturated carbocycles. The van der Waals surface area contributed by atoms with Crippen LogP contribution in [-0.2, 0) is 18.9 Å². The Labute approximate surface area is 226 Å². The van der Waals surface area contributed by atoms with Gasteiger partial charge in [0.15, 0.2) is 0 Å². The zero-order valence-electron chi connectivity index (χ0n) is 22.2. The first-order valence-electron chi connectivity index (χ1n) is 13.8. The van der Waals surface area contributed by atoms with Crippen LogP contribution in [0, 0.1) is 5.82 Å². The Morgan fingerprint density at radius 2 is 2.03 bits per heavy atom. The topological polar surface area (TPSA) is 109 Å². The third-order valence-electron chi connectivity index (χ3n) is 8.05. The van der Waals surface area contributed by atoms with Gasteiger partial charge in [0.25, 0.3) is 0 Å². The van der Waals surface area contributed by atoms with Crippen LogP contribution in [0.15, 0.2) is 22.6 Å². The van der Waals surface area contributed by atoms with Gasteiger partial charge in [0.05, 0.1) is 46.1 Å². The second kappa shape index (κ2) is 11.4. The molecular formula is C27H35FN4O7. The van der Waals surface area contributed by atoms with Crippen molar-refractivity contribution in [3.05, 3.63) is 35.5 Å². The summed E-state index contributed by atoms with van der Waals surface area (Å²) in [4.78, 5) is 16.2. The van der Waals surface area contributed by atoms with E-state index in [-0.39, 0.29) is 35.9 Å². The molecule has 0 aliphatic carbocycles. The van der Waals surface area contributed by atoms with E-state index in [1.165, 1.54) is 6.07 Å². The molecule has 1 aromatic carbocycles. The first kappa shape index (κ1) is 26.4. The molecule has 1 spiro atoms. The van der Waals surface area contributed by atoms with E-state index in [0.29, 0.717) is 58.2 Å². The summed E-state index contributed by atoms with van der Waals surface area (Å²) in [5, 5.41) is 7.78. The molecule has 0 bridgehead atoms. The van der Waals surface area contributed by atoms with Gasteiger partial charge in [-0.25, -0.2) is 9.18 Å². The number of esters is 1. The summed E-state index contributed by atoms with van der Waals surface area (Å²) in [5.74, 6) is -0.0276. The molecule has 11 nitrogen and oxygen atoms in total. The number of benzene rings is 1. The zero-order chi connectivity index (χ0) is 26.8. The molecule has 4 fully saturated rings. The third kappa shape index (κ3) is 5.74. The van der Waals surface area contributed by atoms with Crippen LogP contribution in [-0.4, -0.2) is 105 Å². The van der Waals surface area contributed by atoms with Gasteiger partial charge in [-0.2, -0.15) is 0 Å². The van der Waals surface area contributed by atoms with Crippen molar-refractivity contribution in [2.45, 2.75) is 49.9 Å². The number of hydrogen-bond donors (Lipinski definition) is 0. The van der Waals surface area contributed by atoms with Crippen LogP contribution in [0.3, 0.4) is 0 Å². The van der Waals surface area contributed by atoms with E-state index in [1.54, 1.807) is 19.1 Å². The molecule has 0 radical (unpaired) electrons. The van der Waals surface area contributed by atoms with Crippen LogP contribution >= 0.6 is 0 Å². The minimum atomic E-state index is -0.614. The maximum atomic E-state index is 14.2. The maximum Gasteiger partial charge on any atom is 0.396 e. The molecule has 12 heteroatoms. The van der Waals surface area contributed by atoms with Crippen LogP contribution in [0.4, 0.5) is 10.4 Å². The highest BCUT2D eigenvalue weighted by molar-refractivity contribution is 5.84. The normalized spacial score (nSPS) is 25.5. The van der Waals surface area contributed by atoms with Gasteiger partial charge in [-0.15, -0.1) is 0 Å². The van der Waals surface area contributed by atoms with E-state index in [9.17, 15) is 9.18 Å². The highest BCUT2D eigenvalue weighted by atomic mass is 19.1. The third-order valence-corrected chi connectivity index (χ3v) is 8.05. The first-order valence-corrected chi connectivity index (χ1v) is 13.8. The average Bonchev–Trinajstić information content (AvgIpc) is 3.61. The fraction of sp³-hybridized carbons (Fsp3) is 0.667. The van der Waals surface area contributed by atoms with Crippen molar-refractivity contribution in [2.24, 2.45) is 0 Å². The summed E-state index contributed by atoms with van der Waals surface area (Å²) < 4.78 is 48.1. The van der Waals surface area contributed by atoms with Crippen molar-refractivity contribution in [3.63, 3.8) is 0 Å². The summed E-state index contributed by atoms with van der Waals surface area (Å²) >= 11 is 0. The number of aromatic nitrogens is 2. The Morgan fingerprint density at radius 1 is 1.18 bits per heavy atom. The van der Waals surface area contributed by atoms with Gasteiger partial charge in [-0.3, -0.25) is 4.90 Å². The van der Waals surface area contributed by atoms with E-state index in [4.69, 9.17) is 28.1 Å². The second-order valence-electron chi connectivity index (χ2n) is 10.7. The van der Waals surface area contributed by atoms with Gasteiger partial charge >= 0.3 is 17.9 Å². The predicted molar refractivity (Wildman–Crippen MR) is 136 cm³/mol. The monoisotopic (exact) mass is 546 g/mol. The Hall–Kier alpha value is -2.80. The molecule has 39 heavy (non-hydrogen) atoms. The molecule has 4 aliphatic rings. The molecule has 2 atom stereocenters. The number of piperidine rings is 1. The quantitative estimate of drug-likeness (QED) is 0.456. The number of halogens is 1. The lowest BCUT2D eigenvalue weighted by atomic mass is 9.86. The molecule has 0 amide bonds. The summed E-state index contributed by atoms with van der Waals surface area (Å²) in [5.41, 5.74) is 0.691. The summed E-state index contributed by atoms with van der Waals surface area (Å²) in [6.45, 7) is 7.86. The number of anilines is 1. The number of ether oxygens (including phenoxy) is 5. The number of carbonyl (C=O) groups excluding carboxylic acids is 1. The van der Waals surface area contributed by atoms with E-state index < -0.39 is 5.97 Å². The lowest BCUT2D eigenvalue weighted by Gasteiger charge is -2.46. The lowest BCUT2D eigenvalue weighted by molar-refractivity contribution is -0.101. The van der Waals surface area contributed by atoms with Crippen molar-refractivity contribution in [1.82, 2.24) is 15.1 Å². The van der Waals surface area contributed by atoms with Crippen LogP contribution in [0.2, 0.25) is 0 Å². The van der Waals surface area contributed by atoms with E-state index in [2.05, 4.69) is 15.1 Å². The molecule has 6 rings (SSSR count). The summed E-state index contributed by atoms with van der Waals surface area (Å²) in [6, 6.07) is 5.45. The Bertz CT molecular complexity index is 1140. The predicted octanol–water partition coefficient (Wildman–Crippen LogP) is 2.41. The van der Waals surface area contributed by atoms with Crippen LogP contribution in [0.25, 0.3) is 0 Å². The average molecular weight is 547 g/mol. The minimum Gasteiger partial charge on any atom is -0.490 e. The SMILES string of the molecule is CCOC(=O)c1nnc(N2CC3(CC(N4CCC(c5cc(F)ccc5OCC5COCCO5)CC4)CO3)C2)o1. The molecule has 2 unspecified atom stereocenters. The number of rotatable bonds is 8. The van der Waals surface area contributed by atoms with Crippen LogP contribution in [0.5, 0.6) is 5.75 Å². The van der Waals surface area contributed by atoms with Gasteiger partial charge in [0.1, 0.15) is 29.9 Å². The first-order chi connectivity index (χ1) is 19.0. The van der Waals surface area contributed by atoms with Gasteiger partial charge in [-0.1, -0.05) is 10.2 Å². The lowest BCUT2D eigenvalue weighted by Crippen LogP contribution is -2.62. The van der Waals surface area contributed by atoms with Gasteiger partial charge < -0.3 is 33.0 Å². The molecule has 1 aromatic heterocycles. The molecule has 5 heterocycles. The van der Waals surface area contributed by atoms with Gasteiger partial charge in [-0.05, 0) is 63.4 Å². The second-order valence-corrected chi connectivity index (χ2v) is 10.7. The fourth-order valence-electron chi connectivity index (χ4n) is 6.04. The standard InChI is InChI=1S/C27H35FN4O7/c1-2-35-25(33)24-29-30-26(39-24)32-16-27(17-32)12-20(13-38-27)31-7-5-18(6-8-31)22-11-19(28)3-4-23(22)37-15-21-14-34-9-10-36-21/h3-4,11,18,20-21H,2,5-10,12-17H2,1H3. The van der Waals surface area contributed by atoms with Crippen molar-refractivity contribution in [2.75, 3.05) is 70.7 Å². The van der Waals surface area contributed by atoms with Crippen molar-refractivity contribution < 1.29 is 37.3 Å². The van der Waals surface area contributed by atoms with E-state index in [1.807, 2.05) is 4.90 Å². The van der Waals surface area contributed by atoms with Crippen LogP contribution < -0.4 is 9.64 Å². The smallest absolute Gasteiger partial charge is 0.396 e. The zero-order valence-corrected chi connectivity index (χ0v) is 22.2. The highest BCUT2D eigenvalue weighted by Crippen LogP contribution is 2.41. The maximum absolute atomic E-state index is 14.2. The van der Waals surface area contributed by atoms with Crippen molar-refractivity contribution >= 4 is 12.0 Å². The number of likely N-dealkylation sites (tertiary alicyclic amines) is 1. The fourth-order valence-corrected chi connectivity index (χ4v) is 6.04. The molecule has 4 saturated heterocycles. The van der Waals surface area contributed by atoms with E-state index in [0.717, 1.165) is 43.7 Å².